The lowest BCUT2D eigenvalue weighted by atomic mass is 9.82. The number of halogens is 2. The van der Waals surface area contributed by atoms with Gasteiger partial charge in [-0.25, -0.2) is 8.78 Å². The van der Waals surface area contributed by atoms with Crippen LogP contribution in [0.1, 0.15) is 30.1 Å². The highest BCUT2D eigenvalue weighted by atomic mass is 19.1. The molecule has 2 rings (SSSR count). The van der Waals surface area contributed by atoms with Gasteiger partial charge in [-0.1, -0.05) is 6.92 Å². The number of carbonyl (C=O) groups is 1. The summed E-state index contributed by atoms with van der Waals surface area (Å²) in [6.07, 6.45) is 1.84. The van der Waals surface area contributed by atoms with Crippen molar-refractivity contribution in [3.63, 3.8) is 0 Å². The van der Waals surface area contributed by atoms with Crippen LogP contribution in [0.25, 0.3) is 0 Å². The Kier molecular flexibility index (Phi) is 3.50. The Hall–Kier alpha value is -1.65. The summed E-state index contributed by atoms with van der Waals surface area (Å²) in [4.78, 5) is 11.8. The van der Waals surface area contributed by atoms with Crippen LogP contribution >= 0.6 is 0 Å². The summed E-state index contributed by atoms with van der Waals surface area (Å²) in [5.74, 6) is -1.34. The van der Waals surface area contributed by atoms with Crippen molar-refractivity contribution in [3.8, 4) is 0 Å². The lowest BCUT2D eigenvalue weighted by Crippen LogP contribution is -2.43. The topological polar surface area (TPSA) is 41.1 Å². The van der Waals surface area contributed by atoms with Crippen molar-refractivity contribution < 1.29 is 13.6 Å². The molecule has 0 spiro atoms. The van der Waals surface area contributed by atoms with E-state index in [4.69, 9.17) is 0 Å². The molecule has 0 saturated heterocycles. The molecule has 18 heavy (non-hydrogen) atoms. The second-order valence-electron chi connectivity index (χ2n) is 4.81. The lowest BCUT2D eigenvalue weighted by Gasteiger charge is -2.33. The molecule has 1 amide bonds. The quantitative estimate of drug-likeness (QED) is 0.870. The van der Waals surface area contributed by atoms with E-state index < -0.39 is 17.5 Å². The van der Waals surface area contributed by atoms with Crippen molar-refractivity contribution in [1.29, 1.82) is 0 Å². The second-order valence-corrected chi connectivity index (χ2v) is 4.81. The van der Waals surface area contributed by atoms with Gasteiger partial charge in [0.15, 0.2) is 0 Å². The normalized spacial score (nSPS) is 22.2. The smallest absolute Gasteiger partial charge is 0.251 e. The molecule has 5 heteroatoms. The molecule has 1 aromatic rings. The van der Waals surface area contributed by atoms with Gasteiger partial charge in [-0.3, -0.25) is 4.79 Å². The average molecular weight is 254 g/mol. The van der Waals surface area contributed by atoms with Crippen molar-refractivity contribution in [2.75, 3.05) is 12.4 Å². The van der Waals surface area contributed by atoms with Gasteiger partial charge >= 0.3 is 0 Å². The first-order valence-electron chi connectivity index (χ1n) is 5.99. The Bertz CT molecular complexity index is 447. The van der Waals surface area contributed by atoms with Gasteiger partial charge in [0.05, 0.1) is 0 Å². The zero-order chi connectivity index (χ0) is 13.3. The fourth-order valence-corrected chi connectivity index (χ4v) is 2.23. The maximum atomic E-state index is 13.5. The minimum absolute atomic E-state index is 0.0172. The molecule has 0 radical (unpaired) electrons. The molecule has 1 aliphatic rings. The predicted molar refractivity (Wildman–Crippen MR) is 65.6 cm³/mol. The van der Waals surface area contributed by atoms with Crippen LogP contribution < -0.4 is 10.6 Å². The molecule has 1 saturated carbocycles. The SMILES string of the molecule is CNc1c(F)cc(C(=O)NC2CC(C)C2)cc1F. The molecule has 1 fully saturated rings. The molecule has 0 aromatic heterocycles. The van der Waals surface area contributed by atoms with Gasteiger partial charge < -0.3 is 10.6 Å². The first kappa shape index (κ1) is 12.8. The number of carbonyl (C=O) groups excluding carboxylic acids is 1. The van der Waals surface area contributed by atoms with Gasteiger partial charge in [0.25, 0.3) is 5.91 Å². The summed E-state index contributed by atoms with van der Waals surface area (Å²) in [6.45, 7) is 2.10. The first-order valence-corrected chi connectivity index (χ1v) is 5.99. The summed E-state index contributed by atoms with van der Waals surface area (Å²) >= 11 is 0. The molecule has 98 valence electrons. The molecule has 0 atom stereocenters. The summed E-state index contributed by atoms with van der Waals surface area (Å²) in [5, 5.41) is 5.18. The fraction of sp³-hybridized carbons (Fsp3) is 0.462. The maximum absolute atomic E-state index is 13.5. The molecule has 0 heterocycles. The molecular weight excluding hydrogens is 238 g/mol. The van der Waals surface area contributed by atoms with Crippen LogP contribution in [0.2, 0.25) is 0 Å². The van der Waals surface area contributed by atoms with Crippen LogP contribution in [0.15, 0.2) is 12.1 Å². The molecule has 0 bridgehead atoms. The van der Waals surface area contributed by atoms with E-state index >= 15 is 0 Å². The number of rotatable bonds is 3. The molecular formula is C13H16F2N2O. The Balaban J connectivity index is 2.11. The molecule has 0 unspecified atom stereocenters. The summed E-state index contributed by atoms with van der Waals surface area (Å²) in [5.41, 5.74) is -0.202. The van der Waals surface area contributed by atoms with Gasteiger partial charge in [0.1, 0.15) is 17.3 Å². The average Bonchev–Trinajstić information content (AvgIpc) is 2.26. The summed E-state index contributed by atoms with van der Waals surface area (Å²) < 4.78 is 27.0. The van der Waals surface area contributed by atoms with Crippen LogP contribution in [0.4, 0.5) is 14.5 Å². The largest absolute Gasteiger partial charge is 0.383 e. The van der Waals surface area contributed by atoms with Crippen molar-refractivity contribution in [2.45, 2.75) is 25.8 Å². The fourth-order valence-electron chi connectivity index (χ4n) is 2.23. The zero-order valence-corrected chi connectivity index (χ0v) is 10.4. The molecule has 2 N–H and O–H groups in total. The number of amides is 1. The third-order valence-corrected chi connectivity index (χ3v) is 3.26. The van der Waals surface area contributed by atoms with Crippen molar-refractivity contribution in [2.24, 2.45) is 5.92 Å². The van der Waals surface area contributed by atoms with Crippen molar-refractivity contribution in [3.05, 3.63) is 29.3 Å². The van der Waals surface area contributed by atoms with Crippen LogP contribution in [0.5, 0.6) is 0 Å². The van der Waals surface area contributed by atoms with E-state index in [1.54, 1.807) is 0 Å². The Morgan fingerprint density at radius 1 is 1.28 bits per heavy atom. The molecule has 1 aliphatic carbocycles. The first-order chi connectivity index (χ1) is 8.51. The predicted octanol–water partition coefficient (Wildman–Crippen LogP) is 2.53. The zero-order valence-electron chi connectivity index (χ0n) is 10.4. The summed E-state index contributed by atoms with van der Waals surface area (Å²) in [6, 6.07) is 2.22. The number of hydrogen-bond donors (Lipinski definition) is 2. The van der Waals surface area contributed by atoms with Gasteiger partial charge in [0, 0.05) is 18.7 Å². The Morgan fingerprint density at radius 2 is 1.83 bits per heavy atom. The van der Waals surface area contributed by atoms with E-state index in [-0.39, 0.29) is 17.3 Å². The monoisotopic (exact) mass is 254 g/mol. The van der Waals surface area contributed by atoms with E-state index in [0.29, 0.717) is 5.92 Å². The van der Waals surface area contributed by atoms with E-state index in [1.807, 2.05) is 0 Å². The Labute approximate surface area is 105 Å². The molecule has 3 nitrogen and oxygen atoms in total. The van der Waals surface area contributed by atoms with Crippen LogP contribution in [-0.4, -0.2) is 19.0 Å². The van der Waals surface area contributed by atoms with E-state index in [2.05, 4.69) is 17.6 Å². The highest BCUT2D eigenvalue weighted by Gasteiger charge is 2.27. The molecule has 0 aliphatic heterocycles. The van der Waals surface area contributed by atoms with Crippen LogP contribution in [0, 0.1) is 17.6 Å². The highest BCUT2D eigenvalue weighted by molar-refractivity contribution is 5.94. The van der Waals surface area contributed by atoms with Crippen molar-refractivity contribution in [1.82, 2.24) is 5.32 Å². The van der Waals surface area contributed by atoms with Gasteiger partial charge in [-0.2, -0.15) is 0 Å². The van der Waals surface area contributed by atoms with Crippen LogP contribution in [-0.2, 0) is 0 Å². The van der Waals surface area contributed by atoms with Gasteiger partial charge in [-0.15, -0.1) is 0 Å². The lowest BCUT2D eigenvalue weighted by molar-refractivity contribution is 0.0895. The van der Waals surface area contributed by atoms with E-state index in [9.17, 15) is 13.6 Å². The standard InChI is InChI=1S/C13H16F2N2O/c1-7-3-9(4-7)17-13(18)8-5-10(14)12(16-2)11(15)6-8/h5-7,9,16H,3-4H2,1-2H3,(H,17,18). The van der Waals surface area contributed by atoms with Crippen molar-refractivity contribution >= 4 is 11.6 Å². The van der Waals surface area contributed by atoms with E-state index in [0.717, 1.165) is 25.0 Å². The molecule has 1 aromatic carbocycles. The van der Waals surface area contributed by atoms with Crippen LogP contribution in [0.3, 0.4) is 0 Å². The number of benzene rings is 1. The number of anilines is 1. The van der Waals surface area contributed by atoms with Gasteiger partial charge in [-0.05, 0) is 30.9 Å². The highest BCUT2D eigenvalue weighted by Crippen LogP contribution is 2.27. The Morgan fingerprint density at radius 3 is 2.28 bits per heavy atom. The number of hydrogen-bond acceptors (Lipinski definition) is 2. The third kappa shape index (κ3) is 2.44. The van der Waals surface area contributed by atoms with E-state index in [1.165, 1.54) is 7.05 Å². The summed E-state index contributed by atoms with van der Waals surface area (Å²) in [7, 11) is 1.43. The number of nitrogens with one attached hydrogen (secondary N) is 2. The maximum Gasteiger partial charge on any atom is 0.251 e. The van der Waals surface area contributed by atoms with Gasteiger partial charge in [0.2, 0.25) is 0 Å². The minimum Gasteiger partial charge on any atom is -0.383 e. The minimum atomic E-state index is -0.760. The second kappa shape index (κ2) is 4.92. The third-order valence-electron chi connectivity index (χ3n) is 3.26.